The Labute approximate surface area is 118 Å². The molecular weight excluding hydrogens is 250 g/mol. The summed E-state index contributed by atoms with van der Waals surface area (Å²) in [6.45, 7) is 4.82. The van der Waals surface area contributed by atoms with Gasteiger partial charge < -0.3 is 9.88 Å². The van der Waals surface area contributed by atoms with E-state index >= 15 is 0 Å². The summed E-state index contributed by atoms with van der Waals surface area (Å²) in [6, 6.07) is 6.16. The molecule has 1 aliphatic rings. The molecular formula is C15H17N5. The average molecular weight is 267 g/mol. The van der Waals surface area contributed by atoms with Gasteiger partial charge in [0.25, 0.3) is 0 Å². The fourth-order valence-corrected chi connectivity index (χ4v) is 2.65. The van der Waals surface area contributed by atoms with E-state index in [2.05, 4.69) is 32.1 Å². The first-order valence-electron chi connectivity index (χ1n) is 6.82. The average Bonchev–Trinajstić information content (AvgIpc) is 2.78. The minimum Gasteiger partial charge on any atom is -0.364 e. The topological polar surface area (TPSA) is 66.5 Å². The Morgan fingerprint density at radius 3 is 2.95 bits per heavy atom. The van der Waals surface area contributed by atoms with Gasteiger partial charge in [-0.05, 0) is 32.4 Å². The fourth-order valence-electron chi connectivity index (χ4n) is 2.65. The Balaban J connectivity index is 1.80. The lowest BCUT2D eigenvalue weighted by Gasteiger charge is -2.25. The predicted octanol–water partition coefficient (Wildman–Crippen LogP) is 2.19. The maximum absolute atomic E-state index is 9.15. The number of imidazole rings is 1. The van der Waals surface area contributed by atoms with Gasteiger partial charge in [0, 0.05) is 30.9 Å². The zero-order chi connectivity index (χ0) is 14.1. The smallest absolute Gasteiger partial charge is 0.144 e. The van der Waals surface area contributed by atoms with Crippen molar-refractivity contribution < 1.29 is 0 Å². The number of aromatic nitrogens is 3. The Morgan fingerprint density at radius 1 is 1.30 bits per heavy atom. The van der Waals surface area contributed by atoms with Crippen molar-refractivity contribution in [2.75, 3.05) is 5.32 Å². The number of rotatable bonds is 2. The summed E-state index contributed by atoms with van der Waals surface area (Å²) < 4.78 is 2.19. The maximum Gasteiger partial charge on any atom is 0.144 e. The van der Waals surface area contributed by atoms with Gasteiger partial charge in [0.1, 0.15) is 17.7 Å². The van der Waals surface area contributed by atoms with E-state index < -0.39 is 0 Å². The van der Waals surface area contributed by atoms with E-state index in [-0.39, 0.29) is 6.04 Å². The number of nitrogens with one attached hydrogen (secondary N) is 1. The van der Waals surface area contributed by atoms with Gasteiger partial charge in [0.15, 0.2) is 0 Å². The molecule has 0 fully saturated rings. The summed E-state index contributed by atoms with van der Waals surface area (Å²) in [4.78, 5) is 8.95. The molecule has 5 nitrogen and oxygen atoms in total. The molecule has 1 aliphatic heterocycles. The highest BCUT2D eigenvalue weighted by atomic mass is 15.1. The van der Waals surface area contributed by atoms with Gasteiger partial charge in [-0.1, -0.05) is 0 Å². The van der Waals surface area contributed by atoms with Crippen molar-refractivity contribution in [3.8, 4) is 6.07 Å². The van der Waals surface area contributed by atoms with Crippen molar-refractivity contribution in [3.63, 3.8) is 0 Å². The Morgan fingerprint density at radius 2 is 2.15 bits per heavy atom. The molecule has 1 unspecified atom stereocenters. The minimum absolute atomic E-state index is 0.289. The zero-order valence-electron chi connectivity index (χ0n) is 11.7. The molecule has 5 heteroatoms. The Hall–Kier alpha value is -2.35. The first-order chi connectivity index (χ1) is 9.65. The van der Waals surface area contributed by atoms with E-state index in [1.807, 2.05) is 26.0 Å². The summed E-state index contributed by atoms with van der Waals surface area (Å²) in [6.07, 6.45) is 4.05. The number of nitriles is 1. The van der Waals surface area contributed by atoms with Crippen molar-refractivity contribution in [1.82, 2.24) is 14.5 Å². The maximum atomic E-state index is 9.15. The number of hydrogen-bond acceptors (Lipinski definition) is 4. The van der Waals surface area contributed by atoms with E-state index in [0.29, 0.717) is 11.4 Å². The third-order valence-corrected chi connectivity index (χ3v) is 3.61. The summed E-state index contributed by atoms with van der Waals surface area (Å²) in [5.74, 6) is 1.84. The second-order valence-corrected chi connectivity index (χ2v) is 5.29. The number of fused-ring (bicyclic) bond motifs is 1. The molecule has 1 N–H and O–H groups in total. The molecule has 0 bridgehead atoms. The van der Waals surface area contributed by atoms with Crippen LogP contribution < -0.4 is 5.32 Å². The normalized spacial score (nSPS) is 17.4. The summed E-state index contributed by atoms with van der Waals surface area (Å²) >= 11 is 0. The number of nitrogens with zero attached hydrogens (tertiary/aromatic N) is 4. The first kappa shape index (κ1) is 12.7. The highest BCUT2D eigenvalue weighted by Gasteiger charge is 2.20. The molecule has 0 spiro atoms. The van der Waals surface area contributed by atoms with E-state index in [9.17, 15) is 0 Å². The second-order valence-electron chi connectivity index (χ2n) is 5.29. The van der Waals surface area contributed by atoms with E-state index in [1.165, 1.54) is 0 Å². The Bertz CT molecular complexity index is 680. The SMILES string of the molecule is Cc1ccc(C#N)c(NC2CCc3nc(C)cn3C2)n1. The lowest BCUT2D eigenvalue weighted by atomic mass is 10.1. The summed E-state index contributed by atoms with van der Waals surface area (Å²) in [5.41, 5.74) is 2.58. The van der Waals surface area contributed by atoms with Crippen LogP contribution in [0.3, 0.4) is 0 Å². The van der Waals surface area contributed by atoms with Gasteiger partial charge in [-0.3, -0.25) is 0 Å². The van der Waals surface area contributed by atoms with Gasteiger partial charge >= 0.3 is 0 Å². The van der Waals surface area contributed by atoms with Gasteiger partial charge in [0.05, 0.1) is 11.3 Å². The van der Waals surface area contributed by atoms with Crippen molar-refractivity contribution >= 4 is 5.82 Å². The standard InChI is InChI=1S/C15H17N5/c1-10-3-4-12(7-16)15(18-10)19-13-5-6-14-17-11(2)8-20(14)9-13/h3-4,8,13H,5-6,9H2,1-2H3,(H,18,19). The summed E-state index contributed by atoms with van der Waals surface area (Å²) in [5, 5.41) is 12.6. The van der Waals surface area contributed by atoms with E-state index in [1.54, 1.807) is 0 Å². The molecule has 2 aromatic heterocycles. The van der Waals surface area contributed by atoms with Crippen molar-refractivity contribution in [2.24, 2.45) is 0 Å². The molecule has 102 valence electrons. The highest BCUT2D eigenvalue weighted by Crippen LogP contribution is 2.20. The van der Waals surface area contributed by atoms with Gasteiger partial charge in [0.2, 0.25) is 0 Å². The molecule has 3 rings (SSSR count). The summed E-state index contributed by atoms with van der Waals surface area (Å²) in [7, 11) is 0. The molecule has 0 saturated heterocycles. The molecule has 3 heterocycles. The van der Waals surface area contributed by atoms with Crippen LogP contribution in [0.4, 0.5) is 5.82 Å². The van der Waals surface area contributed by atoms with Crippen LogP contribution in [-0.2, 0) is 13.0 Å². The van der Waals surface area contributed by atoms with Crippen molar-refractivity contribution in [2.45, 2.75) is 39.3 Å². The lowest BCUT2D eigenvalue weighted by Crippen LogP contribution is -2.31. The molecule has 0 radical (unpaired) electrons. The van der Waals surface area contributed by atoms with Crippen LogP contribution in [0.5, 0.6) is 0 Å². The van der Waals surface area contributed by atoms with Gasteiger partial charge in [-0.2, -0.15) is 5.26 Å². The van der Waals surface area contributed by atoms with E-state index in [4.69, 9.17) is 5.26 Å². The molecule has 1 atom stereocenters. The van der Waals surface area contributed by atoms with Gasteiger partial charge in [-0.15, -0.1) is 0 Å². The third-order valence-electron chi connectivity index (χ3n) is 3.61. The molecule has 20 heavy (non-hydrogen) atoms. The predicted molar refractivity (Wildman–Crippen MR) is 76.4 cm³/mol. The van der Waals surface area contributed by atoms with Crippen molar-refractivity contribution in [3.05, 3.63) is 41.1 Å². The molecule has 0 aliphatic carbocycles. The molecule has 0 amide bonds. The van der Waals surface area contributed by atoms with Crippen LogP contribution in [0.25, 0.3) is 0 Å². The Kier molecular flexibility index (Phi) is 3.15. The van der Waals surface area contributed by atoms with Crippen LogP contribution in [-0.4, -0.2) is 20.6 Å². The largest absolute Gasteiger partial charge is 0.364 e. The second kappa shape index (κ2) is 4.97. The molecule has 2 aromatic rings. The zero-order valence-corrected chi connectivity index (χ0v) is 11.7. The first-order valence-corrected chi connectivity index (χ1v) is 6.82. The van der Waals surface area contributed by atoms with Crippen LogP contribution in [0, 0.1) is 25.2 Å². The highest BCUT2D eigenvalue weighted by molar-refractivity contribution is 5.52. The number of aryl methyl sites for hydroxylation is 3. The van der Waals surface area contributed by atoms with Crippen LogP contribution in [0.2, 0.25) is 0 Å². The lowest BCUT2D eigenvalue weighted by molar-refractivity contribution is 0.475. The number of hydrogen-bond donors (Lipinski definition) is 1. The van der Waals surface area contributed by atoms with Crippen LogP contribution >= 0.6 is 0 Å². The van der Waals surface area contributed by atoms with Gasteiger partial charge in [-0.25, -0.2) is 9.97 Å². The van der Waals surface area contributed by atoms with E-state index in [0.717, 1.165) is 36.6 Å². The van der Waals surface area contributed by atoms with Crippen LogP contribution in [0.1, 0.15) is 29.2 Å². The molecule has 0 aromatic carbocycles. The quantitative estimate of drug-likeness (QED) is 0.905. The third kappa shape index (κ3) is 2.37. The number of pyridine rings is 1. The monoisotopic (exact) mass is 267 g/mol. The minimum atomic E-state index is 0.289. The fraction of sp³-hybridized carbons (Fsp3) is 0.400. The molecule has 0 saturated carbocycles. The van der Waals surface area contributed by atoms with Crippen LogP contribution in [0.15, 0.2) is 18.3 Å². The van der Waals surface area contributed by atoms with Crippen molar-refractivity contribution in [1.29, 1.82) is 5.26 Å². The number of anilines is 1.